The lowest BCUT2D eigenvalue weighted by atomic mass is 10.0. The van der Waals surface area contributed by atoms with Gasteiger partial charge in [0.25, 0.3) is 0 Å². The minimum absolute atomic E-state index is 0.0424. The fraction of sp³-hybridized carbons (Fsp3) is 0.364. The van der Waals surface area contributed by atoms with E-state index >= 15 is 0 Å². The zero-order valence-electron chi connectivity index (χ0n) is 8.84. The van der Waals surface area contributed by atoms with Gasteiger partial charge >= 0.3 is 0 Å². The van der Waals surface area contributed by atoms with Crippen LogP contribution in [0, 0.1) is 6.92 Å². The molecule has 0 spiro atoms. The molecule has 0 saturated heterocycles. The Balaban J connectivity index is 3.20. The molecule has 15 heavy (non-hydrogen) atoms. The van der Waals surface area contributed by atoms with Crippen molar-refractivity contribution in [2.24, 2.45) is 5.73 Å². The SMILES string of the molecule is COc1ccc(C)c(C(=O)CCN)c1Br. The molecule has 3 nitrogen and oxygen atoms in total. The smallest absolute Gasteiger partial charge is 0.165 e. The van der Waals surface area contributed by atoms with E-state index in [0.29, 0.717) is 28.8 Å². The summed E-state index contributed by atoms with van der Waals surface area (Å²) in [5.41, 5.74) is 6.97. The number of carbonyl (C=O) groups excluding carboxylic acids is 1. The second-order valence-corrected chi connectivity index (χ2v) is 4.03. The third-order valence-electron chi connectivity index (χ3n) is 2.19. The predicted molar refractivity (Wildman–Crippen MR) is 63.4 cm³/mol. The van der Waals surface area contributed by atoms with Crippen molar-refractivity contribution in [3.05, 3.63) is 27.7 Å². The molecule has 0 fully saturated rings. The molecule has 4 heteroatoms. The molecule has 0 aliphatic rings. The van der Waals surface area contributed by atoms with Crippen LogP contribution in [0.15, 0.2) is 16.6 Å². The molecule has 82 valence electrons. The minimum Gasteiger partial charge on any atom is -0.496 e. The van der Waals surface area contributed by atoms with Crippen LogP contribution in [0.3, 0.4) is 0 Å². The number of Topliss-reactive ketones (excluding diaryl/α,β-unsaturated/α-hetero) is 1. The number of carbonyl (C=O) groups is 1. The summed E-state index contributed by atoms with van der Waals surface area (Å²) < 4.78 is 5.85. The van der Waals surface area contributed by atoms with Gasteiger partial charge in [-0.15, -0.1) is 0 Å². The highest BCUT2D eigenvalue weighted by atomic mass is 79.9. The molecular weight excluding hydrogens is 258 g/mol. The largest absolute Gasteiger partial charge is 0.496 e. The molecule has 2 N–H and O–H groups in total. The zero-order chi connectivity index (χ0) is 11.4. The predicted octanol–water partition coefficient (Wildman–Crippen LogP) is 2.30. The lowest BCUT2D eigenvalue weighted by Gasteiger charge is -2.10. The number of rotatable bonds is 4. The van der Waals surface area contributed by atoms with Crippen LogP contribution in [0.4, 0.5) is 0 Å². The van der Waals surface area contributed by atoms with E-state index in [-0.39, 0.29) is 5.78 Å². The van der Waals surface area contributed by atoms with Crippen LogP contribution in [0.1, 0.15) is 22.3 Å². The van der Waals surface area contributed by atoms with Crippen LogP contribution in [0.2, 0.25) is 0 Å². The molecule has 0 unspecified atom stereocenters. The van der Waals surface area contributed by atoms with Gasteiger partial charge in [-0.2, -0.15) is 0 Å². The lowest BCUT2D eigenvalue weighted by Crippen LogP contribution is -2.10. The van der Waals surface area contributed by atoms with Crippen LogP contribution in [0.25, 0.3) is 0 Å². The van der Waals surface area contributed by atoms with Gasteiger partial charge in [-0.3, -0.25) is 4.79 Å². The van der Waals surface area contributed by atoms with Gasteiger partial charge in [-0.25, -0.2) is 0 Å². The third-order valence-corrected chi connectivity index (χ3v) is 2.97. The van der Waals surface area contributed by atoms with Gasteiger partial charge in [0, 0.05) is 12.0 Å². The average Bonchev–Trinajstić information content (AvgIpc) is 2.18. The first-order valence-corrected chi connectivity index (χ1v) is 5.47. The van der Waals surface area contributed by atoms with Crippen molar-refractivity contribution < 1.29 is 9.53 Å². The van der Waals surface area contributed by atoms with E-state index in [9.17, 15) is 4.79 Å². The Hall–Kier alpha value is -0.870. The molecule has 0 saturated carbocycles. The Bertz CT molecular complexity index is 377. The number of aryl methyl sites for hydroxylation is 1. The second kappa shape index (κ2) is 5.28. The number of ketones is 1. The number of nitrogens with two attached hydrogens (primary N) is 1. The molecule has 1 aromatic rings. The fourth-order valence-corrected chi connectivity index (χ4v) is 2.24. The standard InChI is InChI=1S/C11H14BrNO2/c1-7-3-4-9(15-2)11(12)10(7)8(14)5-6-13/h3-4H,5-6,13H2,1-2H3. The van der Waals surface area contributed by atoms with E-state index in [2.05, 4.69) is 15.9 Å². The Kier molecular flexibility index (Phi) is 4.29. The van der Waals surface area contributed by atoms with Gasteiger partial charge in [0.1, 0.15) is 5.75 Å². The first-order chi connectivity index (χ1) is 7.11. The summed E-state index contributed by atoms with van der Waals surface area (Å²) in [6.07, 6.45) is 0.354. The molecule has 0 atom stereocenters. The van der Waals surface area contributed by atoms with Crippen molar-refractivity contribution in [3.8, 4) is 5.75 Å². The van der Waals surface area contributed by atoms with Gasteiger partial charge in [-0.05, 0) is 41.0 Å². The van der Waals surface area contributed by atoms with Crippen molar-refractivity contribution >= 4 is 21.7 Å². The number of methoxy groups -OCH3 is 1. The number of halogens is 1. The molecule has 0 radical (unpaired) electrons. The highest BCUT2D eigenvalue weighted by Crippen LogP contribution is 2.31. The summed E-state index contributed by atoms with van der Waals surface area (Å²) in [5.74, 6) is 0.710. The molecule has 0 aliphatic carbocycles. The summed E-state index contributed by atoms with van der Waals surface area (Å²) in [7, 11) is 1.58. The minimum atomic E-state index is 0.0424. The van der Waals surface area contributed by atoms with Crippen LogP contribution >= 0.6 is 15.9 Å². The Morgan fingerprint density at radius 2 is 2.20 bits per heavy atom. The second-order valence-electron chi connectivity index (χ2n) is 3.24. The van der Waals surface area contributed by atoms with E-state index in [1.807, 2.05) is 19.1 Å². The highest BCUT2D eigenvalue weighted by Gasteiger charge is 2.15. The van der Waals surface area contributed by atoms with Crippen molar-refractivity contribution in [3.63, 3.8) is 0 Å². The average molecular weight is 272 g/mol. The summed E-state index contributed by atoms with van der Waals surface area (Å²) in [4.78, 5) is 11.8. The van der Waals surface area contributed by atoms with Crippen molar-refractivity contribution in [1.82, 2.24) is 0 Å². The Morgan fingerprint density at radius 1 is 1.53 bits per heavy atom. The van der Waals surface area contributed by atoms with Crippen molar-refractivity contribution in [2.75, 3.05) is 13.7 Å². The van der Waals surface area contributed by atoms with Crippen molar-refractivity contribution in [1.29, 1.82) is 0 Å². The van der Waals surface area contributed by atoms with E-state index < -0.39 is 0 Å². The van der Waals surface area contributed by atoms with Gasteiger partial charge in [0.2, 0.25) is 0 Å². The summed E-state index contributed by atoms with van der Waals surface area (Å²) >= 11 is 3.38. The van der Waals surface area contributed by atoms with Gasteiger partial charge in [0.15, 0.2) is 5.78 Å². The quantitative estimate of drug-likeness (QED) is 0.855. The van der Waals surface area contributed by atoms with E-state index in [0.717, 1.165) is 5.56 Å². The van der Waals surface area contributed by atoms with Crippen LogP contribution < -0.4 is 10.5 Å². The molecule has 0 amide bonds. The number of ether oxygens (including phenoxy) is 1. The van der Waals surface area contributed by atoms with E-state index in [1.165, 1.54) is 0 Å². The van der Waals surface area contributed by atoms with Crippen LogP contribution in [-0.4, -0.2) is 19.4 Å². The van der Waals surface area contributed by atoms with Crippen LogP contribution in [-0.2, 0) is 0 Å². The van der Waals surface area contributed by atoms with Gasteiger partial charge in [0.05, 0.1) is 11.6 Å². The normalized spacial score (nSPS) is 10.1. The third kappa shape index (κ3) is 2.58. The Labute approximate surface area is 97.7 Å². The number of hydrogen-bond acceptors (Lipinski definition) is 3. The molecule has 0 heterocycles. The molecule has 1 aromatic carbocycles. The fourth-order valence-electron chi connectivity index (χ4n) is 1.41. The number of hydrogen-bond donors (Lipinski definition) is 1. The topological polar surface area (TPSA) is 52.3 Å². The summed E-state index contributed by atoms with van der Waals surface area (Å²) in [6.45, 7) is 2.26. The van der Waals surface area contributed by atoms with Gasteiger partial charge < -0.3 is 10.5 Å². The zero-order valence-corrected chi connectivity index (χ0v) is 10.4. The molecule has 1 rings (SSSR count). The number of benzene rings is 1. The highest BCUT2D eigenvalue weighted by molar-refractivity contribution is 9.10. The van der Waals surface area contributed by atoms with E-state index in [1.54, 1.807) is 7.11 Å². The summed E-state index contributed by atoms with van der Waals surface area (Å²) in [6, 6.07) is 3.70. The van der Waals surface area contributed by atoms with Gasteiger partial charge in [-0.1, -0.05) is 6.07 Å². The molecule has 0 aromatic heterocycles. The maximum Gasteiger partial charge on any atom is 0.165 e. The Morgan fingerprint density at radius 3 is 2.73 bits per heavy atom. The molecular formula is C11H14BrNO2. The van der Waals surface area contributed by atoms with E-state index in [4.69, 9.17) is 10.5 Å². The molecule has 0 bridgehead atoms. The first-order valence-electron chi connectivity index (χ1n) is 4.68. The maximum atomic E-state index is 11.8. The summed E-state index contributed by atoms with van der Waals surface area (Å²) in [5, 5.41) is 0. The molecule has 0 aliphatic heterocycles. The maximum absolute atomic E-state index is 11.8. The van der Waals surface area contributed by atoms with Crippen molar-refractivity contribution in [2.45, 2.75) is 13.3 Å². The van der Waals surface area contributed by atoms with Crippen LogP contribution in [0.5, 0.6) is 5.75 Å². The monoisotopic (exact) mass is 271 g/mol. The lowest BCUT2D eigenvalue weighted by molar-refractivity contribution is 0.0983. The first kappa shape index (κ1) is 12.2.